The molecule has 0 aromatic heterocycles. The van der Waals surface area contributed by atoms with Crippen LogP contribution >= 0.6 is 0 Å². The highest BCUT2D eigenvalue weighted by Gasteiger charge is 2.41. The van der Waals surface area contributed by atoms with Crippen LogP contribution in [0, 0.1) is 0 Å². The van der Waals surface area contributed by atoms with Crippen molar-refractivity contribution in [3.05, 3.63) is 35.4 Å². The predicted molar refractivity (Wildman–Crippen MR) is 95.8 cm³/mol. The maximum atomic E-state index is 11.6. The van der Waals surface area contributed by atoms with Crippen molar-refractivity contribution >= 4 is 18.4 Å². The molecule has 0 amide bonds. The molecule has 1 aromatic rings. The lowest BCUT2D eigenvalue weighted by atomic mass is 10.0. The minimum absolute atomic E-state index is 0.0324. The van der Waals surface area contributed by atoms with Crippen LogP contribution in [0.25, 0.3) is 0 Å². The van der Waals surface area contributed by atoms with Crippen molar-refractivity contribution in [1.82, 2.24) is 0 Å². The Bertz CT molecular complexity index is 661. The molecule has 0 heterocycles. The second kappa shape index (κ2) is 6.31. The van der Waals surface area contributed by atoms with Gasteiger partial charge in [0.05, 0.1) is 12.4 Å². The van der Waals surface area contributed by atoms with E-state index in [0.29, 0.717) is 13.0 Å². The highest BCUT2D eigenvalue weighted by molar-refractivity contribution is 7.86. The third kappa shape index (κ3) is 4.44. The van der Waals surface area contributed by atoms with Gasteiger partial charge in [0.25, 0.3) is 10.1 Å². The SMILES string of the molecule is CC(C)(C)[Si](C)(C)OCC1c2ccccc2CC1OS(C)(=O)=O. The van der Waals surface area contributed by atoms with Crippen molar-refractivity contribution in [2.45, 2.75) is 57.3 Å². The lowest BCUT2D eigenvalue weighted by molar-refractivity contribution is 0.149. The average molecular weight is 357 g/mol. The van der Waals surface area contributed by atoms with Gasteiger partial charge in [-0.15, -0.1) is 0 Å². The molecule has 0 spiro atoms. The Labute approximate surface area is 141 Å². The largest absolute Gasteiger partial charge is 0.416 e. The second-order valence-corrected chi connectivity index (χ2v) is 14.3. The normalized spacial score (nSPS) is 22.2. The average Bonchev–Trinajstić information content (AvgIpc) is 2.70. The zero-order valence-corrected chi connectivity index (χ0v) is 16.7. The lowest BCUT2D eigenvalue weighted by Crippen LogP contribution is -2.42. The molecule has 2 atom stereocenters. The molecule has 0 bridgehead atoms. The van der Waals surface area contributed by atoms with Crippen LogP contribution in [-0.2, 0) is 25.1 Å². The zero-order chi connectivity index (χ0) is 17.5. The van der Waals surface area contributed by atoms with Gasteiger partial charge < -0.3 is 4.43 Å². The fourth-order valence-electron chi connectivity index (χ4n) is 2.68. The molecule has 0 fully saturated rings. The van der Waals surface area contributed by atoms with Gasteiger partial charge in [-0.05, 0) is 29.3 Å². The molecule has 1 aliphatic carbocycles. The third-order valence-corrected chi connectivity index (χ3v) is 10.2. The zero-order valence-electron chi connectivity index (χ0n) is 14.9. The van der Waals surface area contributed by atoms with E-state index in [1.54, 1.807) is 0 Å². The van der Waals surface area contributed by atoms with E-state index in [4.69, 9.17) is 8.61 Å². The van der Waals surface area contributed by atoms with Gasteiger partial charge in [-0.3, -0.25) is 4.18 Å². The molecule has 1 aliphatic rings. The van der Waals surface area contributed by atoms with Crippen LogP contribution in [0.3, 0.4) is 0 Å². The van der Waals surface area contributed by atoms with Crippen molar-refractivity contribution in [2.24, 2.45) is 0 Å². The summed E-state index contributed by atoms with van der Waals surface area (Å²) >= 11 is 0. The summed E-state index contributed by atoms with van der Waals surface area (Å²) in [6.45, 7) is 11.5. The van der Waals surface area contributed by atoms with E-state index in [9.17, 15) is 8.42 Å². The first-order chi connectivity index (χ1) is 10.4. The summed E-state index contributed by atoms with van der Waals surface area (Å²) in [6.07, 6.45) is 1.36. The van der Waals surface area contributed by atoms with E-state index in [2.05, 4.69) is 39.9 Å². The summed E-state index contributed by atoms with van der Waals surface area (Å²) in [5.74, 6) is -0.0324. The van der Waals surface area contributed by atoms with Crippen LogP contribution in [-0.4, -0.2) is 35.7 Å². The van der Waals surface area contributed by atoms with Gasteiger partial charge in [0, 0.05) is 18.9 Å². The van der Waals surface area contributed by atoms with Gasteiger partial charge in [-0.25, -0.2) is 0 Å². The molecule has 2 rings (SSSR count). The molecule has 2 unspecified atom stereocenters. The number of rotatable bonds is 5. The van der Waals surface area contributed by atoms with Gasteiger partial charge in [-0.2, -0.15) is 8.42 Å². The van der Waals surface area contributed by atoms with Gasteiger partial charge in [0.15, 0.2) is 8.32 Å². The number of fused-ring (bicyclic) bond motifs is 1. The molecule has 1 aromatic carbocycles. The molecule has 23 heavy (non-hydrogen) atoms. The van der Waals surface area contributed by atoms with Crippen LogP contribution in [0.5, 0.6) is 0 Å². The summed E-state index contributed by atoms with van der Waals surface area (Å²) in [5, 5.41) is 0.123. The van der Waals surface area contributed by atoms with Crippen LogP contribution in [0.15, 0.2) is 24.3 Å². The van der Waals surface area contributed by atoms with E-state index in [1.807, 2.05) is 18.2 Å². The molecule has 6 heteroatoms. The fraction of sp³-hybridized carbons (Fsp3) is 0.647. The fourth-order valence-corrected chi connectivity index (χ4v) is 4.36. The van der Waals surface area contributed by atoms with E-state index >= 15 is 0 Å². The summed E-state index contributed by atoms with van der Waals surface area (Å²) < 4.78 is 34.9. The summed E-state index contributed by atoms with van der Waals surface area (Å²) in [4.78, 5) is 0. The summed E-state index contributed by atoms with van der Waals surface area (Å²) in [6, 6.07) is 8.06. The van der Waals surface area contributed by atoms with Crippen molar-refractivity contribution in [3.63, 3.8) is 0 Å². The molecule has 0 radical (unpaired) electrons. The van der Waals surface area contributed by atoms with Gasteiger partial charge >= 0.3 is 0 Å². The Morgan fingerprint density at radius 2 is 1.83 bits per heavy atom. The second-order valence-electron chi connectivity index (χ2n) is 7.92. The maximum absolute atomic E-state index is 11.6. The Kier molecular flexibility index (Phi) is 5.12. The summed E-state index contributed by atoms with van der Waals surface area (Å²) in [5.41, 5.74) is 2.31. The predicted octanol–water partition coefficient (Wildman–Crippen LogP) is 3.69. The molecular weight excluding hydrogens is 328 g/mol. The topological polar surface area (TPSA) is 52.6 Å². The highest BCUT2D eigenvalue weighted by atomic mass is 32.2. The van der Waals surface area contributed by atoms with E-state index < -0.39 is 18.4 Å². The first kappa shape index (κ1) is 18.6. The van der Waals surface area contributed by atoms with Crippen LogP contribution in [0.2, 0.25) is 18.1 Å². The van der Waals surface area contributed by atoms with Gasteiger partial charge in [0.1, 0.15) is 0 Å². The minimum atomic E-state index is -3.48. The summed E-state index contributed by atoms with van der Waals surface area (Å²) in [7, 11) is -5.37. The van der Waals surface area contributed by atoms with Crippen molar-refractivity contribution in [3.8, 4) is 0 Å². The van der Waals surface area contributed by atoms with E-state index in [0.717, 1.165) is 17.4 Å². The molecule has 0 aliphatic heterocycles. The molecule has 0 saturated heterocycles. The van der Waals surface area contributed by atoms with Crippen LogP contribution in [0.1, 0.15) is 37.8 Å². The Morgan fingerprint density at radius 3 is 2.39 bits per heavy atom. The minimum Gasteiger partial charge on any atom is -0.416 e. The van der Waals surface area contributed by atoms with Gasteiger partial charge in [-0.1, -0.05) is 45.0 Å². The third-order valence-electron chi connectivity index (χ3n) is 5.05. The Balaban J connectivity index is 2.21. The van der Waals surface area contributed by atoms with Crippen molar-refractivity contribution in [2.75, 3.05) is 12.9 Å². The molecular formula is C17H28O4SSi. The monoisotopic (exact) mass is 356 g/mol. The number of hydrogen-bond acceptors (Lipinski definition) is 4. The molecule has 4 nitrogen and oxygen atoms in total. The highest BCUT2D eigenvalue weighted by Crippen LogP contribution is 2.40. The first-order valence-electron chi connectivity index (χ1n) is 8.01. The quantitative estimate of drug-likeness (QED) is 0.596. The maximum Gasteiger partial charge on any atom is 0.264 e. The Morgan fingerprint density at radius 1 is 1.22 bits per heavy atom. The first-order valence-corrected chi connectivity index (χ1v) is 12.7. The molecule has 0 N–H and O–H groups in total. The van der Waals surface area contributed by atoms with Crippen LogP contribution < -0.4 is 0 Å². The van der Waals surface area contributed by atoms with Crippen LogP contribution in [0.4, 0.5) is 0 Å². The van der Waals surface area contributed by atoms with E-state index in [-0.39, 0.29) is 17.1 Å². The smallest absolute Gasteiger partial charge is 0.264 e. The van der Waals surface area contributed by atoms with Crippen molar-refractivity contribution in [1.29, 1.82) is 0 Å². The van der Waals surface area contributed by atoms with Gasteiger partial charge in [0.2, 0.25) is 0 Å². The number of benzene rings is 1. The Hall–Kier alpha value is -0.693. The van der Waals surface area contributed by atoms with E-state index in [1.165, 1.54) is 0 Å². The standard InChI is InChI=1S/C17H28O4SSi/c1-17(2,3)23(5,6)20-12-15-14-10-8-7-9-13(14)11-16(15)21-22(4,18)19/h7-10,15-16H,11-12H2,1-6H3. The lowest BCUT2D eigenvalue weighted by Gasteiger charge is -2.37. The number of hydrogen-bond donors (Lipinski definition) is 0. The molecule has 0 saturated carbocycles. The molecule has 130 valence electrons. The van der Waals surface area contributed by atoms with Crippen molar-refractivity contribution < 1.29 is 17.0 Å².